The number of esters is 1. The summed E-state index contributed by atoms with van der Waals surface area (Å²) in [6.07, 6.45) is 5.84. The van der Waals surface area contributed by atoms with Gasteiger partial charge in [0.05, 0.1) is 19.6 Å². The maximum Gasteiger partial charge on any atom is 0.306 e. The van der Waals surface area contributed by atoms with E-state index in [1.807, 2.05) is 18.7 Å². The smallest absolute Gasteiger partial charge is 0.306 e. The Hall–Kier alpha value is -0.480. The predicted molar refractivity (Wildman–Crippen MR) is 78.1 cm³/mol. The van der Waals surface area contributed by atoms with Gasteiger partial charge in [-0.3, -0.25) is 4.79 Å². The first-order valence-corrected chi connectivity index (χ1v) is 8.16. The predicted octanol–water partition coefficient (Wildman–Crippen LogP) is 3.54. The number of allylic oxidation sites excluding steroid dienone is 1. The highest BCUT2D eigenvalue weighted by molar-refractivity contribution is 8.00. The van der Waals surface area contributed by atoms with Crippen molar-refractivity contribution in [2.24, 2.45) is 5.41 Å². The molecule has 0 bridgehead atoms. The van der Waals surface area contributed by atoms with Crippen molar-refractivity contribution in [3.8, 4) is 0 Å². The Morgan fingerprint density at radius 3 is 2.95 bits per heavy atom. The molecule has 2 aliphatic rings. The lowest BCUT2D eigenvalue weighted by molar-refractivity contribution is -0.149. The van der Waals surface area contributed by atoms with E-state index in [9.17, 15) is 4.79 Å². The normalized spacial score (nSPS) is 36.9. The monoisotopic (exact) mass is 284 g/mol. The van der Waals surface area contributed by atoms with Gasteiger partial charge in [0.25, 0.3) is 0 Å². The van der Waals surface area contributed by atoms with Crippen LogP contribution in [0.3, 0.4) is 0 Å². The van der Waals surface area contributed by atoms with Crippen LogP contribution in [0.2, 0.25) is 0 Å². The van der Waals surface area contributed by atoms with E-state index in [2.05, 4.69) is 19.9 Å². The van der Waals surface area contributed by atoms with E-state index in [0.29, 0.717) is 13.0 Å². The van der Waals surface area contributed by atoms with Crippen LogP contribution in [0.25, 0.3) is 0 Å². The molecule has 0 aromatic heterocycles. The van der Waals surface area contributed by atoms with Gasteiger partial charge in [0, 0.05) is 11.2 Å². The molecule has 1 heterocycles. The summed E-state index contributed by atoms with van der Waals surface area (Å²) in [5, 5.41) is 0. The molecule has 19 heavy (non-hydrogen) atoms. The highest BCUT2D eigenvalue weighted by Crippen LogP contribution is 2.59. The quantitative estimate of drug-likeness (QED) is 0.586. The second kappa shape index (κ2) is 5.88. The number of rotatable bonds is 3. The van der Waals surface area contributed by atoms with Crippen LogP contribution in [0.15, 0.2) is 11.6 Å². The molecule has 1 spiro atoms. The summed E-state index contributed by atoms with van der Waals surface area (Å²) in [6, 6.07) is 0. The molecule has 2 fully saturated rings. The second-order valence-corrected chi connectivity index (χ2v) is 6.79. The topological polar surface area (TPSA) is 35.5 Å². The molecule has 3 nitrogen and oxygen atoms in total. The SMILES string of the molecule is C/C=C1\CCC[C@]2(OCCS2)[C@@]1(C)CC(=O)OCC. The third kappa shape index (κ3) is 2.57. The van der Waals surface area contributed by atoms with E-state index < -0.39 is 0 Å². The first kappa shape index (κ1) is 14.9. The van der Waals surface area contributed by atoms with Gasteiger partial charge in [-0.25, -0.2) is 0 Å². The molecule has 2 atom stereocenters. The van der Waals surface area contributed by atoms with E-state index in [1.54, 1.807) is 0 Å². The molecule has 1 aliphatic heterocycles. The third-order valence-electron chi connectivity index (χ3n) is 4.41. The van der Waals surface area contributed by atoms with E-state index in [-0.39, 0.29) is 16.3 Å². The first-order valence-electron chi connectivity index (χ1n) is 7.17. The average Bonchev–Trinajstić information content (AvgIpc) is 2.83. The lowest BCUT2D eigenvalue weighted by Gasteiger charge is -2.49. The number of ether oxygens (including phenoxy) is 2. The van der Waals surface area contributed by atoms with Crippen LogP contribution < -0.4 is 0 Å². The van der Waals surface area contributed by atoms with Crippen molar-refractivity contribution in [2.75, 3.05) is 19.0 Å². The Morgan fingerprint density at radius 1 is 1.58 bits per heavy atom. The van der Waals surface area contributed by atoms with Crippen molar-refractivity contribution in [1.29, 1.82) is 0 Å². The minimum atomic E-state index is -0.229. The van der Waals surface area contributed by atoms with Crippen molar-refractivity contribution in [2.45, 2.75) is 51.4 Å². The molecule has 0 aromatic rings. The summed E-state index contributed by atoms with van der Waals surface area (Å²) in [7, 11) is 0. The van der Waals surface area contributed by atoms with Gasteiger partial charge in [-0.2, -0.15) is 0 Å². The fourth-order valence-corrected chi connectivity index (χ4v) is 4.91. The van der Waals surface area contributed by atoms with Gasteiger partial charge >= 0.3 is 5.97 Å². The molecule has 0 aromatic carbocycles. The molecule has 4 heteroatoms. The van der Waals surface area contributed by atoms with Crippen molar-refractivity contribution in [1.82, 2.24) is 0 Å². The van der Waals surface area contributed by atoms with Crippen LogP contribution in [0.4, 0.5) is 0 Å². The van der Waals surface area contributed by atoms with Gasteiger partial charge in [0.2, 0.25) is 0 Å². The number of hydrogen-bond acceptors (Lipinski definition) is 4. The molecule has 0 N–H and O–H groups in total. The van der Waals surface area contributed by atoms with Crippen LogP contribution in [-0.2, 0) is 14.3 Å². The minimum Gasteiger partial charge on any atom is -0.466 e. The summed E-state index contributed by atoms with van der Waals surface area (Å²) in [6.45, 7) is 7.34. The molecule has 1 saturated heterocycles. The molecule has 0 radical (unpaired) electrons. The number of carbonyl (C=O) groups is 1. The molecule has 1 saturated carbocycles. The van der Waals surface area contributed by atoms with Crippen molar-refractivity contribution < 1.29 is 14.3 Å². The van der Waals surface area contributed by atoms with Gasteiger partial charge in [-0.05, 0) is 33.1 Å². The highest BCUT2D eigenvalue weighted by Gasteiger charge is 2.56. The summed E-state index contributed by atoms with van der Waals surface area (Å²) >= 11 is 1.88. The lowest BCUT2D eigenvalue weighted by Crippen LogP contribution is -2.49. The van der Waals surface area contributed by atoms with Gasteiger partial charge < -0.3 is 9.47 Å². The standard InChI is InChI=1S/C15H24O3S/c1-4-12-7-6-8-15(18-9-10-19-15)14(12,3)11-13(16)17-5-2/h4H,5-11H2,1-3H3/b12-4+/t14-,15+/m0/s1. The van der Waals surface area contributed by atoms with Gasteiger partial charge in [0.15, 0.2) is 0 Å². The van der Waals surface area contributed by atoms with Crippen molar-refractivity contribution in [3.05, 3.63) is 11.6 Å². The highest BCUT2D eigenvalue weighted by atomic mass is 32.2. The van der Waals surface area contributed by atoms with Crippen molar-refractivity contribution in [3.63, 3.8) is 0 Å². The zero-order chi connectivity index (χ0) is 13.9. The Labute approximate surface area is 120 Å². The first-order chi connectivity index (χ1) is 9.08. The molecular weight excluding hydrogens is 260 g/mol. The molecule has 1 aliphatic carbocycles. The van der Waals surface area contributed by atoms with Gasteiger partial charge in [-0.1, -0.05) is 18.6 Å². The van der Waals surface area contributed by atoms with Crippen LogP contribution in [0.1, 0.15) is 46.5 Å². The van der Waals surface area contributed by atoms with Crippen LogP contribution in [0, 0.1) is 5.41 Å². The second-order valence-electron chi connectivity index (χ2n) is 5.43. The zero-order valence-electron chi connectivity index (χ0n) is 12.2. The third-order valence-corrected chi connectivity index (χ3v) is 6.02. The van der Waals surface area contributed by atoms with E-state index >= 15 is 0 Å². The Kier molecular flexibility index (Phi) is 4.62. The summed E-state index contributed by atoms with van der Waals surface area (Å²) in [5.74, 6) is 0.914. The number of carbonyl (C=O) groups excluding carboxylic acids is 1. The summed E-state index contributed by atoms with van der Waals surface area (Å²) in [5.41, 5.74) is 1.12. The minimum absolute atomic E-state index is 0.110. The Bertz CT molecular complexity index is 372. The van der Waals surface area contributed by atoms with Gasteiger partial charge in [0.1, 0.15) is 4.93 Å². The Balaban J connectivity index is 2.29. The summed E-state index contributed by atoms with van der Waals surface area (Å²) in [4.78, 5) is 11.8. The van der Waals surface area contributed by atoms with Gasteiger partial charge in [-0.15, -0.1) is 11.8 Å². The number of hydrogen-bond donors (Lipinski definition) is 0. The molecule has 2 rings (SSSR count). The fourth-order valence-electron chi connectivity index (χ4n) is 3.44. The maximum absolute atomic E-state index is 12.0. The van der Waals surface area contributed by atoms with Crippen LogP contribution >= 0.6 is 11.8 Å². The van der Waals surface area contributed by atoms with Crippen LogP contribution in [0.5, 0.6) is 0 Å². The maximum atomic E-state index is 12.0. The lowest BCUT2D eigenvalue weighted by atomic mass is 9.66. The fraction of sp³-hybridized carbons (Fsp3) is 0.800. The molecule has 0 amide bonds. The average molecular weight is 284 g/mol. The zero-order valence-corrected chi connectivity index (χ0v) is 13.0. The van der Waals surface area contributed by atoms with Crippen molar-refractivity contribution >= 4 is 17.7 Å². The summed E-state index contributed by atoms with van der Waals surface area (Å²) < 4.78 is 11.3. The largest absolute Gasteiger partial charge is 0.466 e. The number of thioether (sulfide) groups is 1. The molecule has 108 valence electrons. The van der Waals surface area contributed by atoms with Crippen LogP contribution in [-0.4, -0.2) is 29.9 Å². The van der Waals surface area contributed by atoms with E-state index in [1.165, 1.54) is 5.57 Å². The molecular formula is C15H24O3S. The Morgan fingerprint density at radius 2 is 2.37 bits per heavy atom. The molecule has 0 unspecified atom stereocenters. The van der Waals surface area contributed by atoms with E-state index in [0.717, 1.165) is 31.6 Å². The van der Waals surface area contributed by atoms with E-state index in [4.69, 9.17) is 9.47 Å².